The van der Waals surface area contributed by atoms with Crippen molar-refractivity contribution in [2.24, 2.45) is 0 Å². The Bertz CT molecular complexity index is 775. The summed E-state index contributed by atoms with van der Waals surface area (Å²) in [6.45, 7) is 1.88. The van der Waals surface area contributed by atoms with Gasteiger partial charge in [0, 0.05) is 12.0 Å². The van der Waals surface area contributed by atoms with Crippen molar-refractivity contribution in [1.82, 2.24) is 0 Å². The summed E-state index contributed by atoms with van der Waals surface area (Å²) in [5, 5.41) is 10.4. The molecule has 132 valence electrons. The number of aliphatic hydroxyl groups is 1. The molecular formula is C18H18O7. The molecule has 7 heteroatoms. The molecule has 1 unspecified atom stereocenters. The number of carbonyl (C=O) groups is 2. The molecule has 0 aromatic heterocycles. The van der Waals surface area contributed by atoms with Crippen LogP contribution in [0, 0.1) is 0 Å². The van der Waals surface area contributed by atoms with E-state index in [1.165, 1.54) is 7.11 Å². The van der Waals surface area contributed by atoms with E-state index in [2.05, 4.69) is 0 Å². The third kappa shape index (κ3) is 3.05. The van der Waals surface area contributed by atoms with E-state index in [4.69, 9.17) is 18.9 Å². The van der Waals surface area contributed by atoms with Crippen LogP contribution < -0.4 is 4.74 Å². The Kier molecular flexibility index (Phi) is 4.65. The highest BCUT2D eigenvalue weighted by molar-refractivity contribution is 5.95. The first-order chi connectivity index (χ1) is 12.1. The summed E-state index contributed by atoms with van der Waals surface area (Å²) in [6.07, 6.45) is -0.860. The predicted molar refractivity (Wildman–Crippen MR) is 86.1 cm³/mol. The van der Waals surface area contributed by atoms with E-state index in [0.717, 1.165) is 0 Å². The number of hydrogen-bond acceptors (Lipinski definition) is 7. The molecule has 1 aliphatic heterocycles. The van der Waals surface area contributed by atoms with E-state index in [-0.39, 0.29) is 31.2 Å². The molecule has 1 aromatic rings. The van der Waals surface area contributed by atoms with Gasteiger partial charge in [-0.2, -0.15) is 0 Å². The monoisotopic (exact) mass is 346 g/mol. The minimum atomic E-state index is -0.945. The first-order valence-electron chi connectivity index (χ1n) is 7.85. The fourth-order valence-corrected chi connectivity index (χ4v) is 3.06. The number of benzene rings is 1. The maximum atomic E-state index is 12.3. The first-order valence-corrected chi connectivity index (χ1v) is 7.85. The minimum Gasteiger partial charge on any atom is -0.508 e. The number of allylic oxidation sites excluding steroid dienone is 2. The highest BCUT2D eigenvalue weighted by atomic mass is 16.7. The molecule has 25 heavy (non-hydrogen) atoms. The lowest BCUT2D eigenvalue weighted by Crippen LogP contribution is -2.22. The number of esters is 1. The number of para-hydroxylation sites is 1. The average Bonchev–Trinajstić information content (AvgIpc) is 2.96. The minimum absolute atomic E-state index is 0.0412. The first kappa shape index (κ1) is 16.9. The molecular weight excluding hydrogens is 328 g/mol. The van der Waals surface area contributed by atoms with Gasteiger partial charge < -0.3 is 24.1 Å². The van der Waals surface area contributed by atoms with Crippen LogP contribution >= 0.6 is 0 Å². The molecule has 0 saturated carbocycles. The van der Waals surface area contributed by atoms with Crippen LogP contribution in [0.3, 0.4) is 0 Å². The molecule has 0 saturated heterocycles. The van der Waals surface area contributed by atoms with Crippen molar-refractivity contribution in [3.63, 3.8) is 0 Å². The van der Waals surface area contributed by atoms with Crippen LogP contribution in [0.4, 0.5) is 4.79 Å². The van der Waals surface area contributed by atoms with Gasteiger partial charge in [0.15, 0.2) is 5.76 Å². The van der Waals surface area contributed by atoms with Crippen LogP contribution in [-0.4, -0.2) is 37.6 Å². The van der Waals surface area contributed by atoms with E-state index < -0.39 is 18.0 Å². The Morgan fingerprint density at radius 1 is 1.36 bits per heavy atom. The molecule has 3 rings (SSSR count). The topological polar surface area (TPSA) is 91.3 Å². The zero-order valence-electron chi connectivity index (χ0n) is 13.9. The summed E-state index contributed by atoms with van der Waals surface area (Å²) >= 11 is 0. The van der Waals surface area contributed by atoms with E-state index in [0.29, 0.717) is 22.5 Å². The molecule has 0 bridgehead atoms. The van der Waals surface area contributed by atoms with Gasteiger partial charge in [-0.25, -0.2) is 9.59 Å². The largest absolute Gasteiger partial charge is 0.513 e. The van der Waals surface area contributed by atoms with Crippen LogP contribution in [0.15, 0.2) is 46.9 Å². The summed E-state index contributed by atoms with van der Waals surface area (Å²) in [5.74, 6) is -0.983. The van der Waals surface area contributed by atoms with Gasteiger partial charge in [-0.15, -0.1) is 0 Å². The van der Waals surface area contributed by atoms with Crippen molar-refractivity contribution < 1.29 is 33.6 Å². The molecule has 7 nitrogen and oxygen atoms in total. The van der Waals surface area contributed by atoms with Crippen molar-refractivity contribution in [2.75, 3.05) is 20.3 Å². The second-order valence-corrected chi connectivity index (χ2v) is 5.54. The van der Waals surface area contributed by atoms with Gasteiger partial charge in [0.1, 0.15) is 18.1 Å². The Hall–Kier alpha value is -2.96. The van der Waals surface area contributed by atoms with Gasteiger partial charge in [-0.3, -0.25) is 0 Å². The van der Waals surface area contributed by atoms with Gasteiger partial charge in [-0.1, -0.05) is 18.2 Å². The third-order valence-electron chi connectivity index (χ3n) is 4.10. The summed E-state index contributed by atoms with van der Waals surface area (Å²) < 4.78 is 20.5. The molecule has 0 amide bonds. The molecule has 2 aliphatic rings. The van der Waals surface area contributed by atoms with E-state index >= 15 is 0 Å². The molecule has 1 aliphatic carbocycles. The normalized spacial score (nSPS) is 19.4. The van der Waals surface area contributed by atoms with Gasteiger partial charge in [-0.05, 0) is 18.6 Å². The van der Waals surface area contributed by atoms with Crippen molar-refractivity contribution >= 4 is 12.1 Å². The maximum Gasteiger partial charge on any atom is 0.513 e. The SMILES string of the molecule is CCOC(=O)OC1=C(O)CC2=C(C(=O)OC2)C1c1ccccc1OC. The van der Waals surface area contributed by atoms with Crippen molar-refractivity contribution in [3.8, 4) is 5.75 Å². The Balaban J connectivity index is 2.10. The van der Waals surface area contributed by atoms with E-state index in [9.17, 15) is 14.7 Å². The molecule has 1 aromatic carbocycles. The second kappa shape index (κ2) is 6.88. The highest BCUT2D eigenvalue weighted by Crippen LogP contribution is 2.46. The van der Waals surface area contributed by atoms with Crippen molar-refractivity contribution in [1.29, 1.82) is 0 Å². The fraction of sp³-hybridized carbons (Fsp3) is 0.333. The maximum absolute atomic E-state index is 12.3. The van der Waals surface area contributed by atoms with E-state index in [1.54, 1.807) is 31.2 Å². The van der Waals surface area contributed by atoms with Crippen LogP contribution in [0.2, 0.25) is 0 Å². The number of aliphatic hydroxyl groups excluding tert-OH is 1. The van der Waals surface area contributed by atoms with Crippen LogP contribution in [0.1, 0.15) is 24.8 Å². The molecule has 1 atom stereocenters. The number of methoxy groups -OCH3 is 1. The zero-order chi connectivity index (χ0) is 18.0. The molecule has 1 N–H and O–H groups in total. The van der Waals surface area contributed by atoms with Gasteiger partial charge in [0.25, 0.3) is 0 Å². The second-order valence-electron chi connectivity index (χ2n) is 5.54. The molecule has 1 heterocycles. The quantitative estimate of drug-likeness (QED) is 0.838. The summed E-state index contributed by atoms with van der Waals surface area (Å²) in [4.78, 5) is 24.1. The molecule has 0 radical (unpaired) electrons. The Morgan fingerprint density at radius 3 is 2.84 bits per heavy atom. The average molecular weight is 346 g/mol. The predicted octanol–water partition coefficient (Wildman–Crippen LogP) is 2.98. The Morgan fingerprint density at radius 2 is 2.12 bits per heavy atom. The van der Waals surface area contributed by atoms with Crippen LogP contribution in [-0.2, 0) is 19.0 Å². The lowest BCUT2D eigenvalue weighted by molar-refractivity contribution is -0.136. The fourth-order valence-electron chi connectivity index (χ4n) is 3.06. The number of hydrogen-bond donors (Lipinski definition) is 1. The Labute approximate surface area is 144 Å². The van der Waals surface area contributed by atoms with Gasteiger partial charge in [0.05, 0.1) is 25.2 Å². The van der Waals surface area contributed by atoms with Crippen molar-refractivity contribution in [3.05, 3.63) is 52.5 Å². The summed E-state index contributed by atoms with van der Waals surface area (Å²) in [5.41, 5.74) is 1.61. The van der Waals surface area contributed by atoms with Crippen LogP contribution in [0.25, 0.3) is 0 Å². The molecule has 0 spiro atoms. The van der Waals surface area contributed by atoms with Crippen LogP contribution in [0.5, 0.6) is 5.75 Å². The van der Waals surface area contributed by atoms with Crippen molar-refractivity contribution in [2.45, 2.75) is 19.3 Å². The smallest absolute Gasteiger partial charge is 0.508 e. The standard InChI is InChI=1S/C18H18O7/c1-3-23-18(21)25-16-12(19)8-10-9-24-17(20)14(10)15(16)11-6-4-5-7-13(11)22-2/h4-7,15,19H,3,8-9H2,1-2H3. The van der Waals surface area contributed by atoms with Gasteiger partial charge >= 0.3 is 12.1 Å². The van der Waals surface area contributed by atoms with E-state index in [1.807, 2.05) is 0 Å². The van der Waals surface area contributed by atoms with Gasteiger partial charge in [0.2, 0.25) is 0 Å². The highest BCUT2D eigenvalue weighted by Gasteiger charge is 2.42. The number of ether oxygens (including phenoxy) is 4. The summed E-state index contributed by atoms with van der Waals surface area (Å²) in [7, 11) is 1.50. The lowest BCUT2D eigenvalue weighted by atomic mass is 9.81. The number of cyclic esters (lactones) is 1. The summed E-state index contributed by atoms with van der Waals surface area (Å²) in [6, 6.07) is 7.02. The number of carbonyl (C=O) groups excluding carboxylic acids is 2. The molecule has 0 fully saturated rings. The lowest BCUT2D eigenvalue weighted by Gasteiger charge is -2.26. The zero-order valence-corrected chi connectivity index (χ0v) is 13.9. The number of rotatable bonds is 4. The third-order valence-corrected chi connectivity index (χ3v) is 4.10.